The first-order chi connectivity index (χ1) is 15.2. The van der Waals surface area contributed by atoms with E-state index in [9.17, 15) is 0 Å². The van der Waals surface area contributed by atoms with Crippen LogP contribution >= 0.6 is 0 Å². The number of aromatic nitrogens is 6. The molecular formula is C21H26N10. The molecule has 4 aromatic rings. The fourth-order valence-electron chi connectivity index (χ4n) is 3.07. The van der Waals surface area contributed by atoms with Crippen LogP contribution in [-0.2, 0) is 0 Å². The molecule has 0 bridgehead atoms. The van der Waals surface area contributed by atoms with Crippen molar-refractivity contribution in [2.75, 3.05) is 47.4 Å². The Kier molecular flexibility index (Phi) is 6.36. The van der Waals surface area contributed by atoms with E-state index in [4.69, 9.17) is 0 Å². The summed E-state index contributed by atoms with van der Waals surface area (Å²) in [6.07, 6.45) is 1.50. The van der Waals surface area contributed by atoms with Gasteiger partial charge in [-0.1, -0.05) is 12.1 Å². The summed E-state index contributed by atoms with van der Waals surface area (Å²) in [5.41, 5.74) is 1.97. The van der Waals surface area contributed by atoms with Crippen LogP contribution in [0, 0.1) is 13.8 Å². The number of nitrogens with zero attached hydrogens (tertiary/aromatic N) is 6. The van der Waals surface area contributed by atoms with Crippen LogP contribution in [0.25, 0.3) is 5.78 Å². The van der Waals surface area contributed by atoms with E-state index in [2.05, 4.69) is 46.3 Å². The lowest BCUT2D eigenvalue weighted by Gasteiger charge is -2.12. The van der Waals surface area contributed by atoms with Crippen LogP contribution in [0.2, 0.25) is 0 Å². The molecular weight excluding hydrogens is 392 g/mol. The minimum Gasteiger partial charge on any atom is -0.368 e. The lowest BCUT2D eigenvalue weighted by atomic mass is 10.4. The molecule has 0 spiro atoms. The van der Waals surface area contributed by atoms with Crippen molar-refractivity contribution in [3.05, 3.63) is 60.2 Å². The second-order valence-electron chi connectivity index (χ2n) is 7.03. The van der Waals surface area contributed by atoms with Crippen LogP contribution in [0.15, 0.2) is 48.8 Å². The summed E-state index contributed by atoms with van der Waals surface area (Å²) in [4.78, 5) is 17.6. The van der Waals surface area contributed by atoms with E-state index in [1.54, 1.807) is 4.52 Å². The summed E-state index contributed by atoms with van der Waals surface area (Å²) >= 11 is 0. The zero-order chi connectivity index (χ0) is 21.5. The van der Waals surface area contributed by atoms with E-state index < -0.39 is 0 Å². The quantitative estimate of drug-likeness (QED) is 0.288. The van der Waals surface area contributed by atoms with Crippen molar-refractivity contribution < 1.29 is 0 Å². The zero-order valence-corrected chi connectivity index (χ0v) is 17.6. The number of pyridine rings is 2. The fourth-order valence-corrected chi connectivity index (χ4v) is 3.07. The molecule has 0 amide bonds. The highest BCUT2D eigenvalue weighted by atomic mass is 15.4. The summed E-state index contributed by atoms with van der Waals surface area (Å²) in [6.45, 7) is 6.75. The van der Waals surface area contributed by atoms with Gasteiger partial charge in [0.2, 0.25) is 0 Å². The van der Waals surface area contributed by atoms with E-state index in [0.717, 1.165) is 34.7 Å². The monoisotopic (exact) mass is 418 g/mol. The summed E-state index contributed by atoms with van der Waals surface area (Å²) in [6, 6.07) is 13.8. The third kappa shape index (κ3) is 5.56. The summed E-state index contributed by atoms with van der Waals surface area (Å²) in [5, 5.41) is 17.6. The molecule has 0 aromatic carbocycles. The third-order valence-electron chi connectivity index (χ3n) is 4.50. The SMILES string of the molecule is Cc1cccc(NCCNc2cc(NCCNc3cccc(C)n3)n3ncnc3n2)n1. The second kappa shape index (κ2) is 9.70. The molecule has 4 heterocycles. The lowest BCUT2D eigenvalue weighted by Crippen LogP contribution is -2.18. The van der Waals surface area contributed by atoms with Gasteiger partial charge < -0.3 is 21.3 Å². The predicted octanol–water partition coefficient (Wildman–Crippen LogP) is 2.58. The Morgan fingerprint density at radius 1 is 0.710 bits per heavy atom. The van der Waals surface area contributed by atoms with Crippen molar-refractivity contribution in [1.29, 1.82) is 0 Å². The number of rotatable bonds is 10. The van der Waals surface area contributed by atoms with Crippen molar-refractivity contribution >= 4 is 29.0 Å². The molecule has 0 atom stereocenters. The maximum absolute atomic E-state index is 4.51. The van der Waals surface area contributed by atoms with Crippen LogP contribution in [0.5, 0.6) is 0 Å². The van der Waals surface area contributed by atoms with E-state index >= 15 is 0 Å². The first kappa shape index (κ1) is 20.3. The molecule has 31 heavy (non-hydrogen) atoms. The topological polar surface area (TPSA) is 117 Å². The summed E-state index contributed by atoms with van der Waals surface area (Å²) < 4.78 is 1.69. The van der Waals surface area contributed by atoms with Gasteiger partial charge in [0, 0.05) is 43.6 Å². The van der Waals surface area contributed by atoms with Crippen LogP contribution < -0.4 is 21.3 Å². The minimum atomic E-state index is 0.536. The maximum Gasteiger partial charge on any atom is 0.256 e. The molecule has 10 nitrogen and oxygen atoms in total. The highest BCUT2D eigenvalue weighted by molar-refractivity contribution is 5.54. The van der Waals surface area contributed by atoms with Crippen molar-refractivity contribution in [3.8, 4) is 0 Å². The number of nitrogens with one attached hydrogen (secondary N) is 4. The number of hydrogen-bond acceptors (Lipinski definition) is 9. The largest absolute Gasteiger partial charge is 0.368 e. The smallest absolute Gasteiger partial charge is 0.256 e. The van der Waals surface area contributed by atoms with Crippen LogP contribution in [0.3, 0.4) is 0 Å². The highest BCUT2D eigenvalue weighted by Gasteiger charge is 2.07. The van der Waals surface area contributed by atoms with Crippen LogP contribution in [0.1, 0.15) is 11.4 Å². The van der Waals surface area contributed by atoms with E-state index in [1.807, 2.05) is 56.3 Å². The Morgan fingerprint density at radius 2 is 1.29 bits per heavy atom. The van der Waals surface area contributed by atoms with Gasteiger partial charge >= 0.3 is 0 Å². The van der Waals surface area contributed by atoms with Gasteiger partial charge in [-0.15, -0.1) is 0 Å². The first-order valence-corrected chi connectivity index (χ1v) is 10.2. The molecule has 0 saturated carbocycles. The first-order valence-electron chi connectivity index (χ1n) is 10.2. The van der Waals surface area contributed by atoms with Gasteiger partial charge in [0.05, 0.1) is 0 Å². The molecule has 0 saturated heterocycles. The Labute approximate surface area is 180 Å². The second-order valence-corrected chi connectivity index (χ2v) is 7.03. The molecule has 4 aromatic heterocycles. The van der Waals surface area contributed by atoms with Gasteiger partial charge in [-0.2, -0.15) is 19.6 Å². The molecule has 0 aliphatic carbocycles. The van der Waals surface area contributed by atoms with Crippen LogP contribution in [0.4, 0.5) is 23.3 Å². The van der Waals surface area contributed by atoms with Crippen LogP contribution in [-0.4, -0.2) is 55.7 Å². The van der Waals surface area contributed by atoms with Gasteiger partial charge in [-0.3, -0.25) is 0 Å². The normalized spacial score (nSPS) is 10.8. The average molecular weight is 419 g/mol. The molecule has 0 aliphatic heterocycles. The van der Waals surface area contributed by atoms with Gasteiger partial charge in [0.25, 0.3) is 5.78 Å². The van der Waals surface area contributed by atoms with Gasteiger partial charge in [-0.25, -0.2) is 9.97 Å². The van der Waals surface area contributed by atoms with Crippen molar-refractivity contribution in [3.63, 3.8) is 0 Å². The Bertz CT molecular complexity index is 1140. The van der Waals surface area contributed by atoms with Gasteiger partial charge in [0.1, 0.15) is 29.6 Å². The fraction of sp³-hybridized carbons (Fsp3) is 0.286. The van der Waals surface area contributed by atoms with Gasteiger partial charge in [0.15, 0.2) is 0 Å². The van der Waals surface area contributed by atoms with E-state index in [1.165, 1.54) is 6.33 Å². The van der Waals surface area contributed by atoms with Crippen molar-refractivity contribution in [2.45, 2.75) is 13.8 Å². The molecule has 0 unspecified atom stereocenters. The Hall–Kier alpha value is -3.95. The molecule has 10 heteroatoms. The van der Waals surface area contributed by atoms with Crippen molar-refractivity contribution in [2.24, 2.45) is 0 Å². The lowest BCUT2D eigenvalue weighted by molar-refractivity contribution is 0.919. The summed E-state index contributed by atoms with van der Waals surface area (Å²) in [5.74, 6) is 3.81. The zero-order valence-electron chi connectivity index (χ0n) is 17.6. The highest BCUT2D eigenvalue weighted by Crippen LogP contribution is 2.14. The number of fused-ring (bicyclic) bond motifs is 1. The molecule has 4 rings (SSSR count). The summed E-state index contributed by atoms with van der Waals surface area (Å²) in [7, 11) is 0. The van der Waals surface area contributed by atoms with E-state index in [-0.39, 0.29) is 0 Å². The molecule has 160 valence electrons. The molecule has 0 fully saturated rings. The average Bonchev–Trinajstić information content (AvgIpc) is 3.23. The predicted molar refractivity (Wildman–Crippen MR) is 123 cm³/mol. The Balaban J connectivity index is 1.31. The van der Waals surface area contributed by atoms with Gasteiger partial charge in [-0.05, 0) is 38.1 Å². The molecule has 0 aliphatic rings. The third-order valence-corrected chi connectivity index (χ3v) is 4.50. The van der Waals surface area contributed by atoms with E-state index in [0.29, 0.717) is 32.0 Å². The minimum absolute atomic E-state index is 0.536. The number of aryl methyl sites for hydroxylation is 2. The van der Waals surface area contributed by atoms with Crippen molar-refractivity contribution in [1.82, 2.24) is 29.5 Å². The Morgan fingerprint density at radius 3 is 1.90 bits per heavy atom. The molecule has 4 N–H and O–H groups in total. The number of anilines is 4. The number of hydrogen-bond donors (Lipinski definition) is 4. The maximum atomic E-state index is 4.51. The molecule has 0 radical (unpaired) electrons. The standard InChI is InChI=1S/C21H26N10/c1-15-5-3-7-17(28-15)22-9-10-24-19-13-20(31-21(30-19)26-14-27-31)25-12-11-23-18-8-4-6-16(2)29-18/h3-8,13-14,25H,9-12H2,1-2H3,(H,22,28)(H,23,29)(H,24,26,27,30).